The molecule has 2 aromatic carbocycles. The maximum Gasteiger partial charge on any atom is 0.416 e. The minimum atomic E-state index is -4.35. The molecule has 0 aliphatic carbocycles. The molecule has 9 heteroatoms. The Balaban J connectivity index is 1.21. The van der Waals surface area contributed by atoms with Crippen molar-refractivity contribution in [3.63, 3.8) is 0 Å². The molecule has 186 valence electrons. The van der Waals surface area contributed by atoms with E-state index in [4.69, 9.17) is 9.15 Å². The zero-order valence-corrected chi connectivity index (χ0v) is 19.3. The first-order chi connectivity index (χ1) is 17.4. The van der Waals surface area contributed by atoms with Crippen molar-refractivity contribution in [1.29, 1.82) is 0 Å². The summed E-state index contributed by atoms with van der Waals surface area (Å²) in [6.07, 6.45) is 6.83. The van der Waals surface area contributed by atoms with E-state index in [2.05, 4.69) is 9.97 Å². The lowest BCUT2D eigenvalue weighted by atomic mass is 10.1. The minimum Gasteiger partial charge on any atom is -0.494 e. The zero-order chi connectivity index (χ0) is 25.4. The first-order valence-electron chi connectivity index (χ1n) is 11.4. The molecule has 0 bridgehead atoms. The number of aldehydes is 1. The summed E-state index contributed by atoms with van der Waals surface area (Å²) in [5.74, 6) is 1.58. The molecule has 4 aromatic rings. The molecule has 0 saturated carbocycles. The van der Waals surface area contributed by atoms with Crippen LogP contribution in [0.1, 0.15) is 45.3 Å². The number of aryl methyl sites for hydroxylation is 3. The molecule has 0 aliphatic rings. The Morgan fingerprint density at radius 2 is 1.78 bits per heavy atom. The van der Waals surface area contributed by atoms with E-state index in [-0.39, 0.29) is 0 Å². The highest BCUT2D eigenvalue weighted by Gasteiger charge is 2.29. The number of imidazole rings is 1. The SMILES string of the molecule is O=Cc1nccn1CCCOc1ccc(CCc2coc(/C=C/c3ccc(C(F)(F)F)cc3)n2)cc1. The van der Waals surface area contributed by atoms with Gasteiger partial charge in [-0.15, -0.1) is 0 Å². The summed E-state index contributed by atoms with van der Waals surface area (Å²) in [7, 11) is 0. The van der Waals surface area contributed by atoms with Gasteiger partial charge in [0.05, 0.1) is 17.9 Å². The Morgan fingerprint density at radius 1 is 1.00 bits per heavy atom. The second kappa shape index (κ2) is 11.5. The first kappa shape index (κ1) is 25.0. The Labute approximate surface area is 206 Å². The molecule has 0 radical (unpaired) electrons. The first-order valence-corrected chi connectivity index (χ1v) is 11.4. The minimum absolute atomic E-state index is 0.393. The van der Waals surface area contributed by atoms with Crippen LogP contribution in [0.4, 0.5) is 13.2 Å². The molecule has 0 atom stereocenters. The van der Waals surface area contributed by atoms with Gasteiger partial charge in [0, 0.05) is 25.0 Å². The quantitative estimate of drug-likeness (QED) is 0.185. The standard InChI is InChI=1S/C27H24F3N3O3/c28-27(29,30)22-8-2-20(3-9-22)7-13-26-32-23(19-36-26)10-4-21-5-11-24(12-6-21)35-17-1-15-33-16-14-31-25(33)18-34/h2-3,5-9,11-14,16,18-19H,1,4,10,15,17H2/b13-7+. The zero-order valence-electron chi connectivity index (χ0n) is 19.3. The van der Waals surface area contributed by atoms with Crippen molar-refractivity contribution in [2.45, 2.75) is 32.0 Å². The van der Waals surface area contributed by atoms with Gasteiger partial charge in [-0.05, 0) is 60.7 Å². The number of hydrogen-bond donors (Lipinski definition) is 0. The monoisotopic (exact) mass is 495 g/mol. The lowest BCUT2D eigenvalue weighted by Gasteiger charge is -2.08. The average Bonchev–Trinajstić information content (AvgIpc) is 3.53. The molecule has 2 aromatic heterocycles. The van der Waals surface area contributed by atoms with Crippen molar-refractivity contribution in [3.8, 4) is 5.75 Å². The number of oxazole rings is 1. The van der Waals surface area contributed by atoms with Gasteiger partial charge in [-0.3, -0.25) is 4.79 Å². The van der Waals surface area contributed by atoms with Crippen LogP contribution in [0.25, 0.3) is 12.2 Å². The van der Waals surface area contributed by atoms with Crippen molar-refractivity contribution in [2.75, 3.05) is 6.61 Å². The number of aromatic nitrogens is 3. The van der Waals surface area contributed by atoms with Gasteiger partial charge in [0.15, 0.2) is 12.1 Å². The van der Waals surface area contributed by atoms with Crippen molar-refractivity contribution in [1.82, 2.24) is 14.5 Å². The van der Waals surface area contributed by atoms with Crippen LogP contribution < -0.4 is 4.74 Å². The van der Waals surface area contributed by atoms with Crippen LogP contribution in [0, 0.1) is 0 Å². The van der Waals surface area contributed by atoms with Crippen molar-refractivity contribution >= 4 is 18.4 Å². The van der Waals surface area contributed by atoms with Crippen LogP contribution in [-0.2, 0) is 25.6 Å². The summed E-state index contributed by atoms with van der Waals surface area (Å²) in [5.41, 5.74) is 1.85. The lowest BCUT2D eigenvalue weighted by molar-refractivity contribution is -0.137. The molecule has 0 saturated heterocycles. The van der Waals surface area contributed by atoms with Gasteiger partial charge < -0.3 is 13.7 Å². The molecular weight excluding hydrogens is 471 g/mol. The van der Waals surface area contributed by atoms with E-state index in [1.807, 2.05) is 24.3 Å². The van der Waals surface area contributed by atoms with E-state index in [0.717, 1.165) is 48.3 Å². The van der Waals surface area contributed by atoms with Gasteiger partial charge >= 0.3 is 6.18 Å². The number of nitrogens with zero attached hydrogens (tertiary/aromatic N) is 3. The molecule has 0 aliphatic heterocycles. The molecule has 0 unspecified atom stereocenters. The van der Waals surface area contributed by atoms with Crippen LogP contribution in [-0.4, -0.2) is 27.4 Å². The van der Waals surface area contributed by atoms with Gasteiger partial charge in [0.25, 0.3) is 0 Å². The summed E-state index contributed by atoms with van der Waals surface area (Å²) in [6.45, 7) is 1.18. The largest absolute Gasteiger partial charge is 0.494 e. The lowest BCUT2D eigenvalue weighted by Crippen LogP contribution is -2.06. The number of halogens is 3. The van der Waals surface area contributed by atoms with Crippen molar-refractivity contribution in [2.24, 2.45) is 0 Å². The number of ether oxygens (including phenoxy) is 1. The van der Waals surface area contributed by atoms with E-state index in [0.29, 0.717) is 36.9 Å². The van der Waals surface area contributed by atoms with E-state index in [9.17, 15) is 18.0 Å². The van der Waals surface area contributed by atoms with Crippen molar-refractivity contribution < 1.29 is 27.1 Å². The van der Waals surface area contributed by atoms with Crippen LogP contribution >= 0.6 is 0 Å². The second-order valence-electron chi connectivity index (χ2n) is 8.07. The highest BCUT2D eigenvalue weighted by molar-refractivity contribution is 5.69. The Morgan fingerprint density at radius 3 is 2.50 bits per heavy atom. The van der Waals surface area contributed by atoms with Crippen LogP contribution in [0.15, 0.2) is 71.6 Å². The number of hydrogen-bond acceptors (Lipinski definition) is 5. The maximum absolute atomic E-state index is 12.7. The van der Waals surface area contributed by atoms with Gasteiger partial charge in [-0.25, -0.2) is 9.97 Å². The summed E-state index contributed by atoms with van der Waals surface area (Å²) in [5, 5.41) is 0. The van der Waals surface area contributed by atoms with E-state index >= 15 is 0 Å². The van der Waals surface area contributed by atoms with E-state index < -0.39 is 11.7 Å². The fraction of sp³-hybridized carbons (Fsp3) is 0.222. The van der Waals surface area contributed by atoms with Crippen LogP contribution in [0.5, 0.6) is 5.75 Å². The fourth-order valence-electron chi connectivity index (χ4n) is 3.54. The predicted molar refractivity (Wildman–Crippen MR) is 128 cm³/mol. The van der Waals surface area contributed by atoms with E-state index in [1.54, 1.807) is 35.4 Å². The fourth-order valence-corrected chi connectivity index (χ4v) is 3.54. The molecule has 0 amide bonds. The smallest absolute Gasteiger partial charge is 0.416 e. The molecule has 0 N–H and O–H groups in total. The Kier molecular flexibility index (Phi) is 7.99. The molecule has 6 nitrogen and oxygen atoms in total. The third-order valence-electron chi connectivity index (χ3n) is 5.48. The van der Waals surface area contributed by atoms with Gasteiger partial charge in [-0.2, -0.15) is 13.2 Å². The summed E-state index contributed by atoms with van der Waals surface area (Å²) in [6, 6.07) is 12.7. The molecular formula is C27H24F3N3O3. The second-order valence-corrected chi connectivity index (χ2v) is 8.07. The number of alkyl halides is 3. The van der Waals surface area contributed by atoms with Crippen LogP contribution in [0.3, 0.4) is 0 Å². The average molecular weight is 496 g/mol. The molecule has 2 heterocycles. The number of benzene rings is 2. The predicted octanol–water partition coefficient (Wildman–Crippen LogP) is 6.13. The normalized spacial score (nSPS) is 11.8. The van der Waals surface area contributed by atoms with Gasteiger partial charge in [0.2, 0.25) is 5.89 Å². The molecule has 36 heavy (non-hydrogen) atoms. The van der Waals surface area contributed by atoms with E-state index in [1.165, 1.54) is 12.1 Å². The number of carbonyl (C=O) groups excluding carboxylic acids is 1. The summed E-state index contributed by atoms with van der Waals surface area (Å²) >= 11 is 0. The number of carbonyl (C=O) groups is 1. The van der Waals surface area contributed by atoms with Crippen molar-refractivity contribution in [3.05, 3.63) is 101 Å². The number of rotatable bonds is 11. The van der Waals surface area contributed by atoms with Gasteiger partial charge in [-0.1, -0.05) is 24.3 Å². The van der Waals surface area contributed by atoms with Gasteiger partial charge in [0.1, 0.15) is 12.0 Å². The van der Waals surface area contributed by atoms with Crippen LogP contribution in [0.2, 0.25) is 0 Å². The molecule has 0 spiro atoms. The molecule has 0 fully saturated rings. The summed E-state index contributed by atoms with van der Waals surface area (Å²) in [4.78, 5) is 19.3. The highest BCUT2D eigenvalue weighted by atomic mass is 19.4. The Hall–Kier alpha value is -4.14. The molecule has 4 rings (SSSR count). The topological polar surface area (TPSA) is 70.2 Å². The third kappa shape index (κ3) is 6.94. The summed E-state index contributed by atoms with van der Waals surface area (Å²) < 4.78 is 51.0. The maximum atomic E-state index is 12.7. The highest BCUT2D eigenvalue weighted by Crippen LogP contribution is 2.29. The Bertz CT molecular complexity index is 1290. The third-order valence-corrected chi connectivity index (χ3v) is 5.48.